The molecule has 76 valence electrons. The molecule has 0 bridgehead atoms. The highest BCUT2D eigenvalue weighted by Crippen LogP contribution is 2.38. The van der Waals surface area contributed by atoms with Crippen molar-refractivity contribution < 1.29 is 9.47 Å². The van der Waals surface area contributed by atoms with E-state index in [1.807, 2.05) is 0 Å². The maximum absolute atomic E-state index is 5.85. The first-order chi connectivity index (χ1) is 6.91. The van der Waals surface area contributed by atoms with Crippen molar-refractivity contribution in [2.24, 2.45) is 0 Å². The van der Waals surface area contributed by atoms with Gasteiger partial charge < -0.3 is 14.8 Å². The van der Waals surface area contributed by atoms with Crippen LogP contribution in [-0.2, 0) is 9.47 Å². The van der Waals surface area contributed by atoms with Crippen LogP contribution in [0.4, 0.5) is 0 Å². The highest BCUT2D eigenvalue weighted by molar-refractivity contribution is 7.07. The molecule has 0 aromatic carbocycles. The number of hydrogen-bond acceptors (Lipinski definition) is 4. The summed E-state index contributed by atoms with van der Waals surface area (Å²) in [5.41, 5.74) is 1.25. The molecular weight excluding hydrogens is 198 g/mol. The quantitative estimate of drug-likeness (QED) is 0.756. The normalized spacial score (nSPS) is 30.1. The zero-order valence-electron chi connectivity index (χ0n) is 7.86. The topological polar surface area (TPSA) is 30.5 Å². The van der Waals surface area contributed by atoms with Crippen molar-refractivity contribution in [2.75, 3.05) is 26.4 Å². The van der Waals surface area contributed by atoms with Crippen LogP contribution in [0.3, 0.4) is 0 Å². The standard InChI is InChI=1S/C10H13NO2S/c1-4-14-5-8(1)9-10(6-12-7-10)13-3-2-11-9/h1,4-5,9,11H,2-3,6-7H2. The Morgan fingerprint density at radius 2 is 2.43 bits per heavy atom. The molecule has 1 aromatic rings. The smallest absolute Gasteiger partial charge is 0.134 e. The summed E-state index contributed by atoms with van der Waals surface area (Å²) < 4.78 is 11.1. The first-order valence-corrected chi connectivity index (χ1v) is 5.82. The lowest BCUT2D eigenvalue weighted by Crippen LogP contribution is -2.63. The number of nitrogens with one attached hydrogen (secondary N) is 1. The molecule has 2 aliphatic rings. The summed E-state index contributed by atoms with van der Waals surface area (Å²) in [4.78, 5) is 0. The zero-order valence-corrected chi connectivity index (χ0v) is 8.68. The fraction of sp³-hybridized carbons (Fsp3) is 0.600. The van der Waals surface area contributed by atoms with Crippen LogP contribution in [0.5, 0.6) is 0 Å². The Bertz CT molecular complexity index is 308. The molecule has 1 atom stereocenters. The first kappa shape index (κ1) is 8.85. The van der Waals surface area contributed by atoms with Gasteiger partial charge in [-0.15, -0.1) is 0 Å². The third-order valence-electron chi connectivity index (χ3n) is 2.94. The van der Waals surface area contributed by atoms with Crippen molar-refractivity contribution in [2.45, 2.75) is 11.6 Å². The van der Waals surface area contributed by atoms with Crippen molar-refractivity contribution in [1.29, 1.82) is 0 Å². The van der Waals surface area contributed by atoms with E-state index in [1.54, 1.807) is 11.3 Å². The Morgan fingerprint density at radius 1 is 1.50 bits per heavy atom. The van der Waals surface area contributed by atoms with Gasteiger partial charge in [0.25, 0.3) is 0 Å². The first-order valence-electron chi connectivity index (χ1n) is 4.88. The van der Waals surface area contributed by atoms with E-state index in [9.17, 15) is 0 Å². The minimum Gasteiger partial charge on any atom is -0.375 e. The van der Waals surface area contributed by atoms with Crippen LogP contribution in [0.25, 0.3) is 0 Å². The highest BCUT2D eigenvalue weighted by atomic mass is 32.1. The van der Waals surface area contributed by atoms with Gasteiger partial charge in [-0.1, -0.05) is 0 Å². The third-order valence-corrected chi connectivity index (χ3v) is 3.64. The summed E-state index contributed by atoms with van der Waals surface area (Å²) in [7, 11) is 0. The average Bonchev–Trinajstić information content (AvgIpc) is 2.68. The van der Waals surface area contributed by atoms with Crippen LogP contribution >= 0.6 is 11.3 Å². The molecule has 1 unspecified atom stereocenters. The van der Waals surface area contributed by atoms with Crippen molar-refractivity contribution in [1.82, 2.24) is 5.32 Å². The van der Waals surface area contributed by atoms with E-state index < -0.39 is 0 Å². The van der Waals surface area contributed by atoms with Crippen LogP contribution in [0.15, 0.2) is 16.8 Å². The summed E-state index contributed by atoms with van der Waals surface area (Å²) in [6.07, 6.45) is 0. The zero-order chi connectivity index (χ0) is 9.43. The fourth-order valence-electron chi connectivity index (χ4n) is 2.14. The van der Waals surface area contributed by atoms with Crippen LogP contribution < -0.4 is 5.32 Å². The molecule has 0 radical (unpaired) electrons. The number of hydrogen-bond donors (Lipinski definition) is 1. The molecule has 3 nitrogen and oxygen atoms in total. The molecule has 0 amide bonds. The fourth-order valence-corrected chi connectivity index (χ4v) is 2.83. The van der Waals surface area contributed by atoms with E-state index in [0.29, 0.717) is 6.04 Å². The monoisotopic (exact) mass is 211 g/mol. The molecule has 2 saturated heterocycles. The Kier molecular flexibility index (Phi) is 2.09. The Morgan fingerprint density at radius 3 is 3.07 bits per heavy atom. The summed E-state index contributed by atoms with van der Waals surface area (Å²) in [6.45, 7) is 3.17. The lowest BCUT2D eigenvalue weighted by molar-refractivity contribution is -0.239. The highest BCUT2D eigenvalue weighted by Gasteiger charge is 2.49. The number of rotatable bonds is 1. The van der Waals surface area contributed by atoms with Crippen LogP contribution in [0, 0.1) is 0 Å². The van der Waals surface area contributed by atoms with Crippen molar-refractivity contribution >= 4 is 11.3 Å². The maximum atomic E-state index is 5.85. The van der Waals surface area contributed by atoms with E-state index in [4.69, 9.17) is 9.47 Å². The van der Waals surface area contributed by atoms with Crippen LogP contribution in [0.2, 0.25) is 0 Å². The van der Waals surface area contributed by atoms with Gasteiger partial charge in [0.05, 0.1) is 25.9 Å². The molecule has 2 aliphatic heterocycles. The molecule has 1 N–H and O–H groups in total. The largest absolute Gasteiger partial charge is 0.375 e. The molecule has 14 heavy (non-hydrogen) atoms. The third kappa shape index (κ3) is 1.22. The van der Waals surface area contributed by atoms with Gasteiger partial charge >= 0.3 is 0 Å². The average molecular weight is 211 g/mol. The summed E-state index contributed by atoms with van der Waals surface area (Å²) in [6, 6.07) is 2.48. The maximum Gasteiger partial charge on any atom is 0.134 e. The Hall–Kier alpha value is -0.420. The molecule has 1 aromatic heterocycles. The van der Waals surface area contributed by atoms with Gasteiger partial charge in [0.1, 0.15) is 5.60 Å². The van der Waals surface area contributed by atoms with Crippen LogP contribution in [-0.4, -0.2) is 32.0 Å². The predicted octanol–water partition coefficient (Wildman–Crippen LogP) is 1.18. The van der Waals surface area contributed by atoms with Crippen LogP contribution in [0.1, 0.15) is 11.6 Å². The lowest BCUT2D eigenvalue weighted by Gasteiger charge is -2.49. The second-order valence-electron chi connectivity index (χ2n) is 3.85. The van der Waals surface area contributed by atoms with E-state index in [2.05, 4.69) is 22.1 Å². The molecule has 4 heteroatoms. The second kappa shape index (κ2) is 3.31. The van der Waals surface area contributed by atoms with E-state index in [1.165, 1.54) is 5.56 Å². The molecule has 0 aliphatic carbocycles. The predicted molar refractivity (Wildman–Crippen MR) is 54.6 cm³/mol. The molecular formula is C10H13NO2S. The van der Waals surface area contributed by atoms with Gasteiger partial charge in [-0.25, -0.2) is 0 Å². The molecule has 2 fully saturated rings. The van der Waals surface area contributed by atoms with Gasteiger partial charge in [-0.3, -0.25) is 0 Å². The summed E-state index contributed by atoms with van der Waals surface area (Å²) >= 11 is 1.73. The molecule has 3 heterocycles. The van der Waals surface area contributed by atoms with Crippen molar-refractivity contribution in [3.8, 4) is 0 Å². The Labute approximate surface area is 87.0 Å². The van der Waals surface area contributed by atoms with Crippen molar-refractivity contribution in [3.63, 3.8) is 0 Å². The number of morpholine rings is 1. The summed E-state index contributed by atoms with van der Waals surface area (Å²) in [5.74, 6) is 0. The van der Waals surface area contributed by atoms with Gasteiger partial charge in [-0.2, -0.15) is 11.3 Å². The second-order valence-corrected chi connectivity index (χ2v) is 4.63. The van der Waals surface area contributed by atoms with Gasteiger partial charge in [0, 0.05) is 6.54 Å². The van der Waals surface area contributed by atoms with Gasteiger partial charge in [0.15, 0.2) is 0 Å². The lowest BCUT2D eigenvalue weighted by atomic mass is 9.87. The van der Waals surface area contributed by atoms with E-state index in [0.717, 1.165) is 26.4 Å². The molecule has 1 spiro atoms. The summed E-state index contributed by atoms with van der Waals surface area (Å²) in [5, 5.41) is 7.81. The number of ether oxygens (including phenoxy) is 2. The van der Waals surface area contributed by atoms with Gasteiger partial charge in [0.2, 0.25) is 0 Å². The minimum absolute atomic E-state index is 0.0840. The number of thiophene rings is 1. The van der Waals surface area contributed by atoms with E-state index >= 15 is 0 Å². The SMILES string of the molecule is c1cc(C2NCCOC23COC3)cs1. The minimum atomic E-state index is -0.0840. The van der Waals surface area contributed by atoms with Gasteiger partial charge in [-0.05, 0) is 22.4 Å². The van der Waals surface area contributed by atoms with Crippen molar-refractivity contribution in [3.05, 3.63) is 22.4 Å². The molecule has 3 rings (SSSR count). The Balaban J connectivity index is 1.88. The van der Waals surface area contributed by atoms with E-state index in [-0.39, 0.29) is 5.60 Å². The molecule has 0 saturated carbocycles.